The number of ether oxygens (including phenoxy) is 3. The Kier molecular flexibility index (Phi) is 57.7. The minimum Gasteiger partial charge on any atom is -0.462 e. The highest BCUT2D eigenvalue weighted by molar-refractivity contribution is 5.71. The Morgan fingerprint density at radius 1 is 0.286 bits per heavy atom. The van der Waals surface area contributed by atoms with Crippen molar-refractivity contribution < 1.29 is 28.6 Å². The van der Waals surface area contributed by atoms with Crippen LogP contribution in [0.5, 0.6) is 0 Å². The summed E-state index contributed by atoms with van der Waals surface area (Å²) >= 11 is 0. The van der Waals surface area contributed by atoms with Crippen LogP contribution in [0.3, 0.4) is 0 Å². The topological polar surface area (TPSA) is 78.9 Å². The first-order valence-electron chi connectivity index (χ1n) is 31.3. The Bertz CT molecular complexity index is 1130. The van der Waals surface area contributed by atoms with Crippen molar-refractivity contribution in [2.24, 2.45) is 0 Å². The average Bonchev–Trinajstić information content (AvgIpc) is 3.36. The van der Waals surface area contributed by atoms with Crippen LogP contribution >= 0.6 is 0 Å². The van der Waals surface area contributed by atoms with Crippen molar-refractivity contribution in [3.63, 3.8) is 0 Å². The molecule has 0 heterocycles. The van der Waals surface area contributed by atoms with Gasteiger partial charge >= 0.3 is 17.9 Å². The van der Waals surface area contributed by atoms with E-state index in [1.165, 1.54) is 231 Å². The molecule has 0 saturated heterocycles. The Hall–Kier alpha value is -2.11. The molecule has 412 valence electrons. The number of hydrogen-bond donors (Lipinski definition) is 0. The maximum atomic E-state index is 12.9. The molecule has 0 radical (unpaired) electrons. The highest BCUT2D eigenvalue weighted by Crippen LogP contribution is 2.18. The lowest BCUT2D eigenvalue weighted by Gasteiger charge is -2.18. The van der Waals surface area contributed by atoms with Crippen LogP contribution in [0.2, 0.25) is 0 Å². The van der Waals surface area contributed by atoms with Gasteiger partial charge in [-0.25, -0.2) is 0 Å². The fourth-order valence-corrected chi connectivity index (χ4v) is 9.48. The molecule has 0 aromatic carbocycles. The zero-order valence-corrected chi connectivity index (χ0v) is 47.3. The van der Waals surface area contributed by atoms with Crippen molar-refractivity contribution >= 4 is 17.9 Å². The lowest BCUT2D eigenvalue weighted by Crippen LogP contribution is -2.30. The maximum absolute atomic E-state index is 12.9. The third-order valence-corrected chi connectivity index (χ3v) is 14.2. The van der Waals surface area contributed by atoms with E-state index in [-0.39, 0.29) is 31.1 Å². The third-order valence-electron chi connectivity index (χ3n) is 14.2. The SMILES string of the molecule is CCCCCC/C=C\C/C=C\CCCCCCCC(=O)OC(COC(=O)CCCCCCCCCCCCCCCCC)COC(=O)CCCCCCCCCCCCCCCCCCCCCCC. The highest BCUT2D eigenvalue weighted by Gasteiger charge is 2.19. The third kappa shape index (κ3) is 56.8. The van der Waals surface area contributed by atoms with Crippen LogP contribution in [0.1, 0.15) is 348 Å². The van der Waals surface area contributed by atoms with Crippen LogP contribution in [0, 0.1) is 0 Å². The molecule has 1 atom stereocenters. The molecule has 6 nitrogen and oxygen atoms in total. The summed E-state index contributed by atoms with van der Waals surface area (Å²) < 4.78 is 16.9. The first-order valence-corrected chi connectivity index (χ1v) is 31.3. The van der Waals surface area contributed by atoms with Crippen LogP contribution in [0.4, 0.5) is 0 Å². The lowest BCUT2D eigenvalue weighted by atomic mass is 10.0. The standard InChI is InChI=1S/C64H120O6/c1-4-7-10-13-16-19-22-25-28-30-31-32-33-34-37-39-42-45-48-51-54-57-63(66)69-60-61(59-68-62(65)56-53-50-47-44-41-38-35-27-24-21-18-15-12-9-6-3)70-64(67)58-55-52-49-46-43-40-36-29-26-23-20-17-14-11-8-5-2/h20,23,29,36,61H,4-19,21-22,24-28,30-35,37-60H2,1-3H3/b23-20-,36-29-. The molecule has 0 aromatic rings. The number of allylic oxidation sites excluding steroid dienone is 4. The summed E-state index contributed by atoms with van der Waals surface area (Å²) in [5.41, 5.74) is 0. The predicted octanol–water partition coefficient (Wildman–Crippen LogP) is 21.1. The number of unbranched alkanes of at least 4 members (excludes halogenated alkanes) is 43. The van der Waals surface area contributed by atoms with Gasteiger partial charge in [0.15, 0.2) is 6.10 Å². The van der Waals surface area contributed by atoms with Crippen LogP contribution in [-0.2, 0) is 28.6 Å². The van der Waals surface area contributed by atoms with Gasteiger partial charge in [0, 0.05) is 19.3 Å². The van der Waals surface area contributed by atoms with Crippen LogP contribution in [0.25, 0.3) is 0 Å². The Labute approximate surface area is 436 Å². The van der Waals surface area contributed by atoms with Crippen molar-refractivity contribution in [3.8, 4) is 0 Å². The molecule has 6 heteroatoms. The van der Waals surface area contributed by atoms with Gasteiger partial charge in [-0.1, -0.05) is 302 Å². The van der Waals surface area contributed by atoms with Crippen molar-refractivity contribution in [1.82, 2.24) is 0 Å². The zero-order valence-electron chi connectivity index (χ0n) is 47.3. The van der Waals surface area contributed by atoms with Crippen molar-refractivity contribution in [2.75, 3.05) is 13.2 Å². The zero-order chi connectivity index (χ0) is 50.7. The normalized spacial score (nSPS) is 12.1. The minimum absolute atomic E-state index is 0.0711. The van der Waals surface area contributed by atoms with E-state index in [4.69, 9.17) is 14.2 Å². The van der Waals surface area contributed by atoms with Gasteiger partial charge in [-0.3, -0.25) is 14.4 Å². The van der Waals surface area contributed by atoms with Crippen LogP contribution < -0.4 is 0 Å². The monoisotopic (exact) mass is 985 g/mol. The van der Waals surface area contributed by atoms with E-state index >= 15 is 0 Å². The Morgan fingerprint density at radius 2 is 0.514 bits per heavy atom. The fourth-order valence-electron chi connectivity index (χ4n) is 9.48. The minimum atomic E-state index is -0.774. The second kappa shape index (κ2) is 59.5. The van der Waals surface area contributed by atoms with Gasteiger partial charge in [0.25, 0.3) is 0 Å². The summed E-state index contributed by atoms with van der Waals surface area (Å²) in [6.45, 7) is 6.68. The lowest BCUT2D eigenvalue weighted by molar-refractivity contribution is -0.167. The first kappa shape index (κ1) is 67.9. The van der Waals surface area contributed by atoms with E-state index in [1.807, 2.05) is 0 Å². The van der Waals surface area contributed by atoms with Gasteiger partial charge in [-0.15, -0.1) is 0 Å². The molecule has 0 aromatic heterocycles. The molecule has 0 N–H and O–H groups in total. The molecule has 1 unspecified atom stereocenters. The van der Waals surface area contributed by atoms with Crippen molar-refractivity contribution in [3.05, 3.63) is 24.3 Å². The first-order chi connectivity index (χ1) is 34.5. The van der Waals surface area contributed by atoms with E-state index in [2.05, 4.69) is 45.1 Å². The van der Waals surface area contributed by atoms with Crippen LogP contribution in [0.15, 0.2) is 24.3 Å². The molecule has 0 rings (SSSR count). The van der Waals surface area contributed by atoms with Crippen LogP contribution in [-0.4, -0.2) is 37.2 Å². The number of carbonyl (C=O) groups excluding carboxylic acids is 3. The summed E-state index contributed by atoms with van der Waals surface area (Å²) in [4.78, 5) is 38.3. The smallest absolute Gasteiger partial charge is 0.306 e. The fraction of sp³-hybridized carbons (Fsp3) is 0.891. The number of esters is 3. The summed E-state index contributed by atoms with van der Waals surface area (Å²) in [5, 5.41) is 0. The molecule has 0 saturated carbocycles. The molecule has 0 aliphatic heterocycles. The molecular weight excluding hydrogens is 865 g/mol. The number of hydrogen-bond acceptors (Lipinski definition) is 6. The maximum Gasteiger partial charge on any atom is 0.306 e. The molecular formula is C64H120O6. The largest absolute Gasteiger partial charge is 0.462 e. The van der Waals surface area contributed by atoms with Gasteiger partial charge in [-0.2, -0.15) is 0 Å². The van der Waals surface area contributed by atoms with Gasteiger partial charge < -0.3 is 14.2 Å². The van der Waals surface area contributed by atoms with Gasteiger partial charge in [-0.05, 0) is 51.4 Å². The van der Waals surface area contributed by atoms with Crippen molar-refractivity contribution in [2.45, 2.75) is 354 Å². The van der Waals surface area contributed by atoms with E-state index in [1.54, 1.807) is 0 Å². The predicted molar refractivity (Wildman–Crippen MR) is 303 cm³/mol. The molecule has 0 spiro atoms. The number of carbonyl (C=O) groups is 3. The second-order valence-electron chi connectivity index (χ2n) is 21.3. The van der Waals surface area contributed by atoms with E-state index in [9.17, 15) is 14.4 Å². The highest BCUT2D eigenvalue weighted by atomic mass is 16.6. The van der Waals surface area contributed by atoms with E-state index in [0.717, 1.165) is 77.0 Å². The number of rotatable bonds is 58. The summed E-state index contributed by atoms with van der Waals surface area (Å²) in [6, 6.07) is 0. The Morgan fingerprint density at radius 3 is 0.800 bits per heavy atom. The average molecular weight is 986 g/mol. The summed E-state index contributed by atoms with van der Waals surface area (Å²) in [5.74, 6) is -0.858. The molecule has 0 fully saturated rings. The molecule has 0 aliphatic carbocycles. The summed E-state index contributed by atoms with van der Waals surface area (Å²) in [6.07, 6.45) is 70.3. The summed E-state index contributed by atoms with van der Waals surface area (Å²) in [7, 11) is 0. The second-order valence-corrected chi connectivity index (χ2v) is 21.3. The molecule has 0 aliphatic rings. The van der Waals surface area contributed by atoms with E-state index in [0.29, 0.717) is 19.3 Å². The van der Waals surface area contributed by atoms with Gasteiger partial charge in [0.1, 0.15) is 13.2 Å². The van der Waals surface area contributed by atoms with Gasteiger partial charge in [0.05, 0.1) is 0 Å². The van der Waals surface area contributed by atoms with E-state index < -0.39 is 6.10 Å². The van der Waals surface area contributed by atoms with Gasteiger partial charge in [0.2, 0.25) is 0 Å². The Balaban J connectivity index is 4.30. The molecule has 0 bridgehead atoms. The van der Waals surface area contributed by atoms with Crippen molar-refractivity contribution in [1.29, 1.82) is 0 Å². The molecule has 0 amide bonds. The quantitative estimate of drug-likeness (QED) is 0.0261. The molecule has 70 heavy (non-hydrogen) atoms.